The molecular formula is C15H23N3O2. The second-order valence-electron chi connectivity index (χ2n) is 5.90. The number of piperazine rings is 1. The molecule has 1 aliphatic carbocycles. The zero-order chi connectivity index (χ0) is 13.9. The van der Waals surface area contributed by atoms with Crippen LogP contribution >= 0.6 is 0 Å². The summed E-state index contributed by atoms with van der Waals surface area (Å²) in [6.45, 7) is 6.16. The van der Waals surface area contributed by atoms with Gasteiger partial charge in [0.05, 0.1) is 6.26 Å². The van der Waals surface area contributed by atoms with Crippen molar-refractivity contribution in [1.29, 1.82) is 0 Å². The maximum Gasteiger partial charge on any atom is 0.223 e. The molecule has 1 saturated heterocycles. The summed E-state index contributed by atoms with van der Waals surface area (Å²) in [6, 6.07) is 3.85. The third-order valence-electron chi connectivity index (χ3n) is 4.36. The Morgan fingerprint density at radius 1 is 1.40 bits per heavy atom. The van der Waals surface area contributed by atoms with Crippen molar-refractivity contribution in [1.82, 2.24) is 15.1 Å². The SMILES string of the molecule is CN1CCN(CCNC(=O)C2CC2c2ccco2)CC1. The van der Waals surface area contributed by atoms with Crippen LogP contribution in [0.5, 0.6) is 0 Å². The van der Waals surface area contributed by atoms with Gasteiger partial charge in [-0.1, -0.05) is 0 Å². The van der Waals surface area contributed by atoms with E-state index >= 15 is 0 Å². The second kappa shape index (κ2) is 5.97. The fraction of sp³-hybridized carbons (Fsp3) is 0.667. The number of hydrogen-bond donors (Lipinski definition) is 1. The van der Waals surface area contributed by atoms with Crippen molar-refractivity contribution in [3.8, 4) is 0 Å². The molecule has 1 aromatic rings. The highest BCUT2D eigenvalue weighted by atomic mass is 16.3. The van der Waals surface area contributed by atoms with Crippen molar-refractivity contribution in [3.63, 3.8) is 0 Å². The van der Waals surface area contributed by atoms with E-state index in [1.807, 2.05) is 12.1 Å². The molecule has 20 heavy (non-hydrogen) atoms. The molecule has 110 valence electrons. The summed E-state index contributed by atoms with van der Waals surface area (Å²) in [6.07, 6.45) is 2.60. The van der Waals surface area contributed by atoms with Gasteiger partial charge in [-0.05, 0) is 25.6 Å². The van der Waals surface area contributed by atoms with Gasteiger partial charge in [-0.2, -0.15) is 0 Å². The number of furan rings is 1. The molecule has 5 heteroatoms. The molecule has 2 aliphatic rings. The van der Waals surface area contributed by atoms with Gasteiger partial charge in [-0.25, -0.2) is 0 Å². The van der Waals surface area contributed by atoms with Crippen molar-refractivity contribution in [3.05, 3.63) is 24.2 Å². The van der Waals surface area contributed by atoms with Crippen LogP contribution in [0.3, 0.4) is 0 Å². The molecule has 0 bridgehead atoms. The molecule has 0 aromatic carbocycles. The van der Waals surface area contributed by atoms with Crippen molar-refractivity contribution in [2.75, 3.05) is 46.3 Å². The Morgan fingerprint density at radius 2 is 2.20 bits per heavy atom. The number of nitrogens with zero attached hydrogens (tertiary/aromatic N) is 2. The van der Waals surface area contributed by atoms with Crippen LogP contribution in [0.15, 0.2) is 22.8 Å². The number of amides is 1. The van der Waals surface area contributed by atoms with E-state index in [0.717, 1.165) is 51.4 Å². The first-order valence-corrected chi connectivity index (χ1v) is 7.46. The molecule has 2 fully saturated rings. The minimum absolute atomic E-state index is 0.119. The largest absolute Gasteiger partial charge is 0.469 e. The number of rotatable bonds is 5. The molecule has 5 nitrogen and oxygen atoms in total. The molecule has 1 N–H and O–H groups in total. The fourth-order valence-corrected chi connectivity index (χ4v) is 2.84. The second-order valence-corrected chi connectivity index (χ2v) is 5.90. The van der Waals surface area contributed by atoms with Crippen LogP contribution in [0.2, 0.25) is 0 Å². The fourth-order valence-electron chi connectivity index (χ4n) is 2.84. The van der Waals surface area contributed by atoms with Gasteiger partial charge in [0.1, 0.15) is 5.76 Å². The summed E-state index contributed by atoms with van der Waals surface area (Å²) in [7, 11) is 2.15. The van der Waals surface area contributed by atoms with Crippen LogP contribution in [0, 0.1) is 5.92 Å². The van der Waals surface area contributed by atoms with Gasteiger partial charge in [-0.3, -0.25) is 9.69 Å². The predicted octanol–water partition coefficient (Wildman–Crippen LogP) is 0.747. The van der Waals surface area contributed by atoms with Crippen LogP contribution in [0.4, 0.5) is 0 Å². The lowest BCUT2D eigenvalue weighted by Gasteiger charge is -2.32. The van der Waals surface area contributed by atoms with Crippen LogP contribution in [-0.2, 0) is 4.79 Å². The third-order valence-corrected chi connectivity index (χ3v) is 4.36. The van der Waals surface area contributed by atoms with E-state index in [1.165, 1.54) is 0 Å². The first-order valence-electron chi connectivity index (χ1n) is 7.46. The molecule has 3 rings (SSSR count). The number of carbonyl (C=O) groups excluding carboxylic acids is 1. The highest BCUT2D eigenvalue weighted by molar-refractivity contribution is 5.82. The monoisotopic (exact) mass is 277 g/mol. The summed E-state index contributed by atoms with van der Waals surface area (Å²) in [5.41, 5.74) is 0. The highest BCUT2D eigenvalue weighted by Crippen LogP contribution is 2.47. The topological polar surface area (TPSA) is 48.7 Å². The van der Waals surface area contributed by atoms with Crippen LogP contribution in [0.1, 0.15) is 18.1 Å². The highest BCUT2D eigenvalue weighted by Gasteiger charge is 2.45. The summed E-state index contributed by atoms with van der Waals surface area (Å²) in [5.74, 6) is 1.55. The minimum atomic E-state index is 0.119. The summed E-state index contributed by atoms with van der Waals surface area (Å²) in [4.78, 5) is 16.8. The molecule has 1 aromatic heterocycles. The van der Waals surface area contributed by atoms with E-state index in [1.54, 1.807) is 6.26 Å². The number of nitrogens with one attached hydrogen (secondary N) is 1. The van der Waals surface area contributed by atoms with E-state index in [0.29, 0.717) is 5.92 Å². The van der Waals surface area contributed by atoms with Crippen LogP contribution in [0.25, 0.3) is 0 Å². The normalized spacial score (nSPS) is 27.4. The Kier molecular flexibility index (Phi) is 4.08. The van der Waals surface area contributed by atoms with E-state index < -0.39 is 0 Å². The number of hydrogen-bond acceptors (Lipinski definition) is 4. The van der Waals surface area contributed by atoms with E-state index in [2.05, 4.69) is 22.2 Å². The number of likely N-dealkylation sites (N-methyl/N-ethyl adjacent to an activating group) is 1. The predicted molar refractivity (Wildman–Crippen MR) is 76.5 cm³/mol. The van der Waals surface area contributed by atoms with E-state index in [4.69, 9.17) is 4.42 Å². The molecular weight excluding hydrogens is 254 g/mol. The molecule has 2 unspecified atom stereocenters. The summed E-state index contributed by atoms with van der Waals surface area (Å²) >= 11 is 0. The summed E-state index contributed by atoms with van der Waals surface area (Å²) in [5, 5.41) is 3.06. The molecule has 0 spiro atoms. The standard InChI is InChI=1S/C15H23N3O2/c1-17-6-8-18(9-7-17)5-4-16-15(19)13-11-12(13)14-3-2-10-20-14/h2-3,10,12-13H,4-9,11H2,1H3,(H,16,19). The first kappa shape index (κ1) is 13.6. The van der Waals surface area contributed by atoms with E-state index in [9.17, 15) is 4.79 Å². The van der Waals surface area contributed by atoms with Crippen LogP contribution < -0.4 is 5.32 Å². The van der Waals surface area contributed by atoms with Gasteiger partial charge in [0.15, 0.2) is 0 Å². The average molecular weight is 277 g/mol. The number of carbonyl (C=O) groups is 1. The molecule has 2 atom stereocenters. The Bertz CT molecular complexity index is 438. The van der Waals surface area contributed by atoms with Gasteiger partial charge >= 0.3 is 0 Å². The molecule has 0 radical (unpaired) electrons. The van der Waals surface area contributed by atoms with Gasteiger partial charge in [-0.15, -0.1) is 0 Å². The van der Waals surface area contributed by atoms with E-state index in [-0.39, 0.29) is 11.8 Å². The van der Waals surface area contributed by atoms with Crippen molar-refractivity contribution >= 4 is 5.91 Å². The van der Waals surface area contributed by atoms with Gasteiger partial charge < -0.3 is 14.6 Å². The maximum absolute atomic E-state index is 12.0. The lowest BCUT2D eigenvalue weighted by molar-refractivity contribution is -0.122. The molecule has 2 heterocycles. The average Bonchev–Trinajstić information content (AvgIpc) is 3.07. The summed E-state index contributed by atoms with van der Waals surface area (Å²) < 4.78 is 5.35. The van der Waals surface area contributed by atoms with Crippen molar-refractivity contribution < 1.29 is 9.21 Å². The van der Waals surface area contributed by atoms with Gasteiger partial charge in [0.2, 0.25) is 5.91 Å². The Hall–Kier alpha value is -1.33. The lowest BCUT2D eigenvalue weighted by Crippen LogP contribution is -2.47. The lowest BCUT2D eigenvalue weighted by atomic mass is 10.2. The quantitative estimate of drug-likeness (QED) is 0.863. The molecule has 1 aliphatic heterocycles. The zero-order valence-electron chi connectivity index (χ0n) is 12.0. The first-order chi connectivity index (χ1) is 9.74. The Labute approximate surface area is 119 Å². The Balaban J connectivity index is 1.34. The zero-order valence-corrected chi connectivity index (χ0v) is 12.0. The molecule has 1 saturated carbocycles. The van der Waals surface area contributed by atoms with Crippen LogP contribution in [-0.4, -0.2) is 62.0 Å². The smallest absolute Gasteiger partial charge is 0.223 e. The van der Waals surface area contributed by atoms with Crippen molar-refractivity contribution in [2.24, 2.45) is 5.92 Å². The Morgan fingerprint density at radius 3 is 2.90 bits per heavy atom. The molecule has 1 amide bonds. The maximum atomic E-state index is 12.0. The minimum Gasteiger partial charge on any atom is -0.469 e. The van der Waals surface area contributed by atoms with Crippen molar-refractivity contribution in [2.45, 2.75) is 12.3 Å². The van der Waals surface area contributed by atoms with Gasteiger partial charge in [0.25, 0.3) is 0 Å². The van der Waals surface area contributed by atoms with Gasteiger partial charge in [0, 0.05) is 51.1 Å². The third kappa shape index (κ3) is 3.22.